The predicted octanol–water partition coefficient (Wildman–Crippen LogP) is 4.48. The van der Waals surface area contributed by atoms with E-state index in [9.17, 15) is 14.9 Å². The number of hydrogen-bond donors (Lipinski definition) is 0. The topological polar surface area (TPSA) is 66.7 Å². The molecule has 0 bridgehead atoms. The van der Waals surface area contributed by atoms with Gasteiger partial charge in [0.05, 0.1) is 4.92 Å². The molecule has 6 heteroatoms. The highest BCUT2D eigenvalue weighted by atomic mass is 16.6. The second-order valence-corrected chi connectivity index (χ2v) is 7.06. The van der Waals surface area contributed by atoms with Crippen LogP contribution in [-0.4, -0.2) is 29.3 Å². The molecule has 1 aliphatic heterocycles. The number of nitro groups is 1. The van der Waals surface area contributed by atoms with Gasteiger partial charge in [-0.2, -0.15) is 0 Å². The van der Waals surface area contributed by atoms with Crippen molar-refractivity contribution in [2.75, 3.05) is 18.5 Å². The number of carbonyl (C=O) groups is 1. The molecule has 0 aromatic heterocycles. The fraction of sp³-hybridized carbons (Fsp3) is 0.381. The molecule has 0 radical (unpaired) electrons. The van der Waals surface area contributed by atoms with E-state index in [4.69, 9.17) is 0 Å². The maximum Gasteiger partial charge on any atom is 0.269 e. The summed E-state index contributed by atoms with van der Waals surface area (Å²) in [6, 6.07) is 15.3. The van der Waals surface area contributed by atoms with E-state index < -0.39 is 0 Å². The van der Waals surface area contributed by atoms with Gasteiger partial charge in [0.15, 0.2) is 0 Å². The van der Waals surface area contributed by atoms with Gasteiger partial charge in [0.1, 0.15) is 0 Å². The molecule has 0 N–H and O–H groups in total. The SMILES string of the molecule is CC(=O)N(C)c1ccc([N+](=O)[O-])cc1C(C)N1CCCC1c1ccccc1. The minimum Gasteiger partial charge on any atom is -0.315 e. The lowest BCUT2D eigenvalue weighted by molar-refractivity contribution is -0.384. The smallest absolute Gasteiger partial charge is 0.269 e. The standard InChI is InChI=1S/C21H25N3O3/c1-15(23-13-7-10-20(23)17-8-5-4-6-9-17)19-14-18(24(26)27)11-12-21(19)22(3)16(2)25/h4-6,8-9,11-12,14-15,20H,7,10,13H2,1-3H3. The van der Waals surface area contributed by atoms with Crippen LogP contribution in [0.5, 0.6) is 0 Å². The summed E-state index contributed by atoms with van der Waals surface area (Å²) in [5.41, 5.74) is 2.84. The van der Waals surface area contributed by atoms with E-state index in [0.717, 1.165) is 30.6 Å². The molecule has 1 heterocycles. The van der Waals surface area contributed by atoms with E-state index in [1.165, 1.54) is 18.6 Å². The molecule has 1 saturated heterocycles. The van der Waals surface area contributed by atoms with Gasteiger partial charge < -0.3 is 4.90 Å². The van der Waals surface area contributed by atoms with Crippen molar-refractivity contribution < 1.29 is 9.72 Å². The van der Waals surface area contributed by atoms with Crippen LogP contribution in [-0.2, 0) is 4.79 Å². The molecule has 2 atom stereocenters. The molecule has 2 aromatic carbocycles. The third-order valence-electron chi connectivity index (χ3n) is 5.48. The quantitative estimate of drug-likeness (QED) is 0.577. The Balaban J connectivity index is 2.01. The lowest BCUT2D eigenvalue weighted by Gasteiger charge is -2.33. The number of benzene rings is 2. The number of amides is 1. The first-order valence-corrected chi connectivity index (χ1v) is 9.23. The van der Waals surface area contributed by atoms with E-state index in [0.29, 0.717) is 0 Å². The van der Waals surface area contributed by atoms with Crippen LogP contribution >= 0.6 is 0 Å². The maximum atomic E-state index is 11.9. The Labute approximate surface area is 159 Å². The summed E-state index contributed by atoms with van der Waals surface area (Å²) >= 11 is 0. The van der Waals surface area contributed by atoms with Crippen LogP contribution in [0.15, 0.2) is 48.5 Å². The van der Waals surface area contributed by atoms with Crippen LogP contribution in [0.25, 0.3) is 0 Å². The van der Waals surface area contributed by atoms with Crippen LogP contribution in [0.3, 0.4) is 0 Å². The van der Waals surface area contributed by atoms with E-state index >= 15 is 0 Å². The normalized spacial score (nSPS) is 18.3. The number of nitrogens with zero attached hydrogens (tertiary/aromatic N) is 3. The molecule has 0 spiro atoms. The molecular formula is C21H25N3O3. The molecular weight excluding hydrogens is 342 g/mol. The number of carbonyl (C=O) groups excluding carboxylic acids is 1. The molecule has 6 nitrogen and oxygen atoms in total. The van der Waals surface area contributed by atoms with Crippen molar-refractivity contribution in [1.29, 1.82) is 0 Å². The van der Waals surface area contributed by atoms with Gasteiger partial charge in [0.25, 0.3) is 5.69 Å². The Morgan fingerprint density at radius 2 is 1.96 bits per heavy atom. The first kappa shape index (κ1) is 19.0. The number of non-ortho nitro benzene ring substituents is 1. The van der Waals surface area contributed by atoms with Crippen molar-refractivity contribution in [2.45, 2.75) is 38.8 Å². The van der Waals surface area contributed by atoms with Gasteiger partial charge in [-0.25, -0.2) is 0 Å². The summed E-state index contributed by atoms with van der Waals surface area (Å²) in [5, 5.41) is 11.3. The third kappa shape index (κ3) is 3.85. The van der Waals surface area contributed by atoms with Gasteiger partial charge in [0.2, 0.25) is 5.91 Å². The Kier molecular flexibility index (Phi) is 5.56. The minimum atomic E-state index is -0.383. The van der Waals surface area contributed by atoms with E-state index in [2.05, 4.69) is 24.0 Å². The number of rotatable bonds is 5. The Bertz CT molecular complexity index is 838. The van der Waals surface area contributed by atoms with Crippen molar-refractivity contribution in [2.24, 2.45) is 0 Å². The molecule has 2 unspecified atom stereocenters. The van der Waals surface area contributed by atoms with Crippen LogP contribution < -0.4 is 4.90 Å². The van der Waals surface area contributed by atoms with Crippen LogP contribution in [0, 0.1) is 10.1 Å². The fourth-order valence-corrected chi connectivity index (χ4v) is 3.93. The lowest BCUT2D eigenvalue weighted by Crippen LogP contribution is -2.30. The van der Waals surface area contributed by atoms with Crippen molar-refractivity contribution in [3.05, 3.63) is 69.8 Å². The highest BCUT2D eigenvalue weighted by Crippen LogP contribution is 2.41. The second kappa shape index (κ2) is 7.88. The largest absolute Gasteiger partial charge is 0.315 e. The van der Waals surface area contributed by atoms with Crippen LogP contribution in [0.1, 0.15) is 49.9 Å². The molecule has 0 saturated carbocycles. The summed E-state index contributed by atoms with van der Waals surface area (Å²) in [7, 11) is 1.71. The van der Waals surface area contributed by atoms with E-state index in [1.807, 2.05) is 18.2 Å². The van der Waals surface area contributed by atoms with Gasteiger partial charge in [-0.05, 0) is 43.5 Å². The Hall–Kier alpha value is -2.73. The summed E-state index contributed by atoms with van der Waals surface area (Å²) in [4.78, 5) is 26.8. The highest BCUT2D eigenvalue weighted by Gasteiger charge is 2.32. The summed E-state index contributed by atoms with van der Waals surface area (Å²) in [6.45, 7) is 4.49. The Morgan fingerprint density at radius 1 is 1.26 bits per heavy atom. The van der Waals surface area contributed by atoms with Crippen LogP contribution in [0.2, 0.25) is 0 Å². The van der Waals surface area contributed by atoms with Crippen molar-refractivity contribution >= 4 is 17.3 Å². The number of nitro benzene ring substituents is 1. The molecule has 3 rings (SSSR count). The van der Waals surface area contributed by atoms with Crippen molar-refractivity contribution in [1.82, 2.24) is 4.90 Å². The summed E-state index contributed by atoms with van der Waals surface area (Å²) in [6.07, 6.45) is 2.14. The first-order valence-electron chi connectivity index (χ1n) is 9.23. The second-order valence-electron chi connectivity index (χ2n) is 7.06. The molecule has 2 aromatic rings. The first-order chi connectivity index (χ1) is 12.9. The zero-order valence-corrected chi connectivity index (χ0v) is 16.0. The van der Waals surface area contributed by atoms with Gasteiger partial charge in [-0.3, -0.25) is 19.8 Å². The van der Waals surface area contributed by atoms with Crippen LogP contribution in [0.4, 0.5) is 11.4 Å². The Morgan fingerprint density at radius 3 is 2.59 bits per heavy atom. The number of hydrogen-bond acceptors (Lipinski definition) is 4. The fourth-order valence-electron chi connectivity index (χ4n) is 3.93. The van der Waals surface area contributed by atoms with E-state index in [1.54, 1.807) is 24.1 Å². The van der Waals surface area contributed by atoms with Gasteiger partial charge in [-0.15, -0.1) is 0 Å². The van der Waals surface area contributed by atoms with Gasteiger partial charge >= 0.3 is 0 Å². The molecule has 142 valence electrons. The molecule has 27 heavy (non-hydrogen) atoms. The maximum absolute atomic E-state index is 11.9. The predicted molar refractivity (Wildman–Crippen MR) is 106 cm³/mol. The lowest BCUT2D eigenvalue weighted by atomic mass is 9.99. The third-order valence-corrected chi connectivity index (χ3v) is 5.48. The highest BCUT2D eigenvalue weighted by molar-refractivity contribution is 5.92. The molecule has 1 fully saturated rings. The van der Waals surface area contributed by atoms with Crippen molar-refractivity contribution in [3.63, 3.8) is 0 Å². The summed E-state index contributed by atoms with van der Waals surface area (Å²) < 4.78 is 0. The average Bonchev–Trinajstić information content (AvgIpc) is 3.16. The minimum absolute atomic E-state index is 0.0468. The molecule has 1 aliphatic rings. The number of anilines is 1. The molecule has 0 aliphatic carbocycles. The number of likely N-dealkylation sites (tertiary alicyclic amines) is 1. The zero-order valence-electron chi connectivity index (χ0n) is 16.0. The summed E-state index contributed by atoms with van der Waals surface area (Å²) in [5.74, 6) is -0.0988. The average molecular weight is 367 g/mol. The molecule has 1 amide bonds. The zero-order chi connectivity index (χ0) is 19.6. The van der Waals surface area contributed by atoms with E-state index in [-0.39, 0.29) is 28.6 Å². The monoisotopic (exact) mass is 367 g/mol. The van der Waals surface area contributed by atoms with Crippen molar-refractivity contribution in [3.8, 4) is 0 Å². The van der Waals surface area contributed by atoms with Gasteiger partial charge in [0, 0.05) is 43.9 Å². The van der Waals surface area contributed by atoms with Gasteiger partial charge in [-0.1, -0.05) is 30.3 Å².